The predicted molar refractivity (Wildman–Crippen MR) is 116 cm³/mol. The van der Waals surface area contributed by atoms with Crippen LogP contribution < -0.4 is 5.32 Å². The first-order chi connectivity index (χ1) is 14.8. The summed E-state index contributed by atoms with van der Waals surface area (Å²) in [4.78, 5) is 29.3. The lowest BCUT2D eigenvalue weighted by molar-refractivity contribution is -0.136. The Kier molecular flexibility index (Phi) is 6.03. The Morgan fingerprint density at radius 1 is 1.26 bits per heavy atom. The van der Waals surface area contributed by atoms with Crippen molar-refractivity contribution in [2.75, 3.05) is 6.67 Å². The molecule has 1 N–H and O–H groups in total. The van der Waals surface area contributed by atoms with Gasteiger partial charge in [0.25, 0.3) is 5.91 Å². The molecule has 2 fully saturated rings. The van der Waals surface area contributed by atoms with Crippen molar-refractivity contribution < 1.29 is 14.0 Å². The topological polar surface area (TPSA) is 91.6 Å². The lowest BCUT2D eigenvalue weighted by Crippen LogP contribution is -2.54. The Labute approximate surface area is 186 Å². The average Bonchev–Trinajstić information content (AvgIpc) is 3.29. The van der Waals surface area contributed by atoms with E-state index in [2.05, 4.69) is 22.4 Å². The molecule has 166 valence electrons. The number of aromatic nitrogens is 2. The molecule has 0 radical (unpaired) electrons. The fraction of sp³-hybridized carbons (Fsp3) is 0.545. The maximum absolute atomic E-state index is 13.3. The van der Waals surface area contributed by atoms with Crippen LogP contribution in [0.3, 0.4) is 0 Å². The maximum atomic E-state index is 13.3. The van der Waals surface area contributed by atoms with Crippen LogP contribution in [0.1, 0.15) is 52.3 Å². The van der Waals surface area contributed by atoms with E-state index >= 15 is 0 Å². The molecule has 1 aromatic heterocycles. The Morgan fingerprint density at radius 2 is 2.00 bits per heavy atom. The van der Waals surface area contributed by atoms with E-state index in [1.54, 1.807) is 12.1 Å². The molecule has 2 aliphatic rings. The maximum Gasteiger partial charge on any atom is 0.326 e. The van der Waals surface area contributed by atoms with E-state index in [-0.39, 0.29) is 30.6 Å². The second-order valence-corrected chi connectivity index (χ2v) is 9.21. The third-order valence-corrected chi connectivity index (χ3v) is 6.70. The highest BCUT2D eigenvalue weighted by Crippen LogP contribution is 2.38. The van der Waals surface area contributed by atoms with Crippen molar-refractivity contribution >= 4 is 23.5 Å². The second kappa shape index (κ2) is 8.59. The second-order valence-electron chi connectivity index (χ2n) is 8.77. The molecule has 1 aliphatic heterocycles. The number of urea groups is 1. The molecule has 0 unspecified atom stereocenters. The summed E-state index contributed by atoms with van der Waals surface area (Å²) in [5.41, 5.74) is 0.0195. The van der Waals surface area contributed by atoms with Crippen LogP contribution >= 0.6 is 11.6 Å². The molecule has 1 aliphatic carbocycles. The summed E-state index contributed by atoms with van der Waals surface area (Å²) in [7, 11) is 0. The highest BCUT2D eigenvalue weighted by molar-refractivity contribution is 6.30. The average molecular weight is 446 g/mol. The number of nitrogens with zero attached hydrogens (tertiary/aromatic N) is 4. The first-order valence-electron chi connectivity index (χ1n) is 10.8. The minimum atomic E-state index is -0.760. The quantitative estimate of drug-likeness (QED) is 0.674. The first kappa shape index (κ1) is 21.8. The molecule has 3 amide bonds. The first-order valence-corrected chi connectivity index (χ1v) is 11.1. The van der Waals surface area contributed by atoms with Gasteiger partial charge in [-0.05, 0) is 56.9 Å². The van der Waals surface area contributed by atoms with Crippen LogP contribution in [0.4, 0.5) is 4.79 Å². The number of carbonyl (C=O) groups excluding carboxylic acids is 2. The number of benzene rings is 1. The number of carbonyl (C=O) groups is 2. The molecule has 1 spiro atoms. The molecule has 8 nitrogen and oxygen atoms in total. The number of hydrogen-bond acceptors (Lipinski definition) is 6. The van der Waals surface area contributed by atoms with Crippen molar-refractivity contribution in [3.8, 4) is 11.5 Å². The molecule has 2 atom stereocenters. The molecule has 1 saturated heterocycles. The van der Waals surface area contributed by atoms with E-state index in [1.165, 1.54) is 4.90 Å². The van der Waals surface area contributed by atoms with Gasteiger partial charge in [-0.2, -0.15) is 0 Å². The summed E-state index contributed by atoms with van der Waals surface area (Å²) < 4.78 is 5.82. The highest BCUT2D eigenvalue weighted by Gasteiger charge is 2.55. The molecular weight excluding hydrogens is 418 g/mol. The largest absolute Gasteiger partial charge is 0.419 e. The van der Waals surface area contributed by atoms with Crippen molar-refractivity contribution in [2.24, 2.45) is 5.92 Å². The van der Waals surface area contributed by atoms with Crippen LogP contribution in [-0.2, 0) is 11.3 Å². The molecule has 2 aromatic rings. The van der Waals surface area contributed by atoms with Crippen molar-refractivity contribution in [1.29, 1.82) is 0 Å². The van der Waals surface area contributed by atoms with E-state index in [1.807, 2.05) is 30.9 Å². The van der Waals surface area contributed by atoms with E-state index < -0.39 is 5.54 Å². The van der Waals surface area contributed by atoms with Gasteiger partial charge in [0.05, 0.1) is 13.2 Å². The van der Waals surface area contributed by atoms with Gasteiger partial charge < -0.3 is 9.73 Å². The Morgan fingerprint density at radius 3 is 2.68 bits per heavy atom. The van der Waals surface area contributed by atoms with Gasteiger partial charge in [0.15, 0.2) is 0 Å². The van der Waals surface area contributed by atoms with Gasteiger partial charge >= 0.3 is 6.03 Å². The molecule has 31 heavy (non-hydrogen) atoms. The lowest BCUT2D eigenvalue weighted by Gasteiger charge is -2.37. The summed E-state index contributed by atoms with van der Waals surface area (Å²) in [6.07, 6.45) is 3.69. The zero-order valence-electron chi connectivity index (χ0n) is 18.1. The van der Waals surface area contributed by atoms with Crippen LogP contribution in [0.5, 0.6) is 0 Å². The van der Waals surface area contributed by atoms with Crippen LogP contribution in [0.15, 0.2) is 28.7 Å². The molecule has 1 aromatic carbocycles. The summed E-state index contributed by atoms with van der Waals surface area (Å²) in [5, 5.41) is 11.9. The summed E-state index contributed by atoms with van der Waals surface area (Å²) >= 11 is 5.94. The minimum Gasteiger partial charge on any atom is -0.419 e. The summed E-state index contributed by atoms with van der Waals surface area (Å²) in [6, 6.07) is 6.90. The third-order valence-electron chi connectivity index (χ3n) is 6.45. The van der Waals surface area contributed by atoms with Crippen molar-refractivity contribution in [1.82, 2.24) is 25.3 Å². The number of rotatable bonds is 6. The molecule has 4 rings (SSSR count). The lowest BCUT2D eigenvalue weighted by atomic mass is 9.73. The van der Waals surface area contributed by atoms with Gasteiger partial charge in [0.2, 0.25) is 11.8 Å². The van der Waals surface area contributed by atoms with Gasteiger partial charge in [0.1, 0.15) is 5.54 Å². The van der Waals surface area contributed by atoms with Gasteiger partial charge in [-0.15, -0.1) is 10.2 Å². The van der Waals surface area contributed by atoms with E-state index in [0.29, 0.717) is 29.8 Å². The van der Waals surface area contributed by atoms with Gasteiger partial charge in [-0.1, -0.05) is 31.4 Å². The van der Waals surface area contributed by atoms with Crippen LogP contribution in [0.2, 0.25) is 5.02 Å². The standard InChI is InChI=1S/C22H28ClN5O3/c1-14(2)27(12-18-25-26-19(31-18)16-7-9-17(23)10-8-16)13-28-20(29)22(24-21(28)30)11-5-4-6-15(22)3/h7-10,14-15H,4-6,11-13H2,1-3H3,(H,24,30)/t15-,22-/m1/s1. The molecule has 9 heteroatoms. The number of hydrogen-bond donors (Lipinski definition) is 1. The molecule has 1 saturated carbocycles. The highest BCUT2D eigenvalue weighted by atomic mass is 35.5. The van der Waals surface area contributed by atoms with E-state index in [0.717, 1.165) is 24.8 Å². The number of halogens is 1. The van der Waals surface area contributed by atoms with Crippen LogP contribution in [0.25, 0.3) is 11.5 Å². The Balaban J connectivity index is 1.48. The zero-order chi connectivity index (χ0) is 22.2. The van der Waals surface area contributed by atoms with Gasteiger partial charge in [-0.25, -0.2) is 9.69 Å². The van der Waals surface area contributed by atoms with E-state index in [4.69, 9.17) is 16.0 Å². The van der Waals surface area contributed by atoms with Gasteiger partial charge in [0, 0.05) is 16.6 Å². The predicted octanol–water partition coefficient (Wildman–Crippen LogP) is 4.06. The van der Waals surface area contributed by atoms with Crippen molar-refractivity contribution in [3.05, 3.63) is 35.2 Å². The normalized spacial score (nSPS) is 23.9. The van der Waals surface area contributed by atoms with Crippen LogP contribution in [-0.4, -0.2) is 50.2 Å². The van der Waals surface area contributed by atoms with Crippen molar-refractivity contribution in [2.45, 2.75) is 64.6 Å². The van der Waals surface area contributed by atoms with Gasteiger partial charge in [-0.3, -0.25) is 9.69 Å². The SMILES string of the molecule is CC(C)N(Cc1nnc(-c2ccc(Cl)cc2)o1)CN1C(=O)N[C@@]2(CCCC[C@H]2C)C1=O. The summed E-state index contributed by atoms with van der Waals surface area (Å²) in [5.74, 6) is 0.836. The van der Waals surface area contributed by atoms with E-state index in [9.17, 15) is 9.59 Å². The third kappa shape index (κ3) is 4.19. The number of nitrogens with one attached hydrogen (secondary N) is 1. The van der Waals surface area contributed by atoms with Crippen LogP contribution in [0, 0.1) is 5.92 Å². The smallest absolute Gasteiger partial charge is 0.326 e. The Hall–Kier alpha value is -2.45. The van der Waals surface area contributed by atoms with Crippen molar-refractivity contribution in [3.63, 3.8) is 0 Å². The molecule has 0 bridgehead atoms. The minimum absolute atomic E-state index is 0.0619. The fourth-order valence-electron chi connectivity index (χ4n) is 4.40. The number of amides is 3. The monoisotopic (exact) mass is 445 g/mol. The Bertz CT molecular complexity index is 960. The summed E-state index contributed by atoms with van der Waals surface area (Å²) in [6.45, 7) is 6.58. The number of imide groups is 1. The molecule has 2 heterocycles. The molecular formula is C22H28ClN5O3. The fourth-order valence-corrected chi connectivity index (χ4v) is 4.53. The zero-order valence-corrected chi connectivity index (χ0v) is 18.9.